The van der Waals surface area contributed by atoms with Gasteiger partial charge in [0, 0.05) is 17.7 Å². The van der Waals surface area contributed by atoms with Gasteiger partial charge in [0.1, 0.15) is 29.9 Å². The Morgan fingerprint density at radius 1 is 1.17 bits per heavy atom. The maximum absolute atomic E-state index is 14.4. The van der Waals surface area contributed by atoms with E-state index >= 15 is 0 Å². The number of hydrogen-bond donors (Lipinski definition) is 1. The zero-order valence-electron chi connectivity index (χ0n) is 13.0. The highest BCUT2D eigenvalue weighted by Gasteiger charge is 2.40. The van der Waals surface area contributed by atoms with Crippen molar-refractivity contribution < 1.29 is 13.9 Å². The minimum atomic E-state index is -1.72. The highest BCUT2D eigenvalue weighted by Crippen LogP contribution is 2.39. The minimum Gasteiger partial charge on any atom is -0.382 e. The number of nitrogens with zero attached hydrogens (tertiary/aromatic N) is 4. The lowest BCUT2D eigenvalue weighted by atomic mass is 9.78. The first-order valence-electron chi connectivity index (χ1n) is 7.41. The predicted molar refractivity (Wildman–Crippen MR) is 82.9 cm³/mol. The second kappa shape index (κ2) is 6.45. The summed E-state index contributed by atoms with van der Waals surface area (Å²) in [5.41, 5.74) is -1.40. The molecule has 24 heavy (non-hydrogen) atoms. The summed E-state index contributed by atoms with van der Waals surface area (Å²) in [6.07, 6.45) is 5.25. The first kappa shape index (κ1) is 16.2. The van der Waals surface area contributed by atoms with E-state index in [1.807, 2.05) is 0 Å². The molecule has 3 rings (SSSR count). The molecule has 7 heteroatoms. The largest absolute Gasteiger partial charge is 0.382 e. The lowest BCUT2D eigenvalue weighted by Gasteiger charge is -2.35. The summed E-state index contributed by atoms with van der Waals surface area (Å²) in [6.45, 7) is 1.57. The van der Waals surface area contributed by atoms with Crippen molar-refractivity contribution in [3.05, 3.63) is 78.1 Å². The summed E-state index contributed by atoms with van der Waals surface area (Å²) >= 11 is 0. The van der Waals surface area contributed by atoms with E-state index in [9.17, 15) is 13.9 Å². The number of pyridine rings is 1. The van der Waals surface area contributed by atoms with Crippen LogP contribution >= 0.6 is 0 Å². The molecule has 5 nitrogen and oxygen atoms in total. The average molecular weight is 330 g/mol. The van der Waals surface area contributed by atoms with E-state index in [2.05, 4.69) is 15.1 Å². The number of benzene rings is 1. The Morgan fingerprint density at radius 2 is 1.96 bits per heavy atom. The monoisotopic (exact) mass is 330 g/mol. The molecule has 0 amide bonds. The molecule has 0 aliphatic carbocycles. The molecule has 0 spiro atoms. The Balaban J connectivity index is 2.11. The quantitative estimate of drug-likeness (QED) is 0.781. The van der Waals surface area contributed by atoms with Crippen LogP contribution < -0.4 is 0 Å². The van der Waals surface area contributed by atoms with Crippen LogP contribution in [-0.4, -0.2) is 24.9 Å². The fourth-order valence-electron chi connectivity index (χ4n) is 2.82. The van der Waals surface area contributed by atoms with Crippen molar-refractivity contribution in [2.24, 2.45) is 0 Å². The maximum atomic E-state index is 14.4. The van der Waals surface area contributed by atoms with Gasteiger partial charge in [0.05, 0.1) is 12.7 Å². The van der Waals surface area contributed by atoms with Crippen LogP contribution in [-0.2, 0) is 12.1 Å². The van der Waals surface area contributed by atoms with Gasteiger partial charge in [-0.05, 0) is 17.7 Å². The Labute approximate surface area is 137 Å². The molecule has 0 fully saturated rings. The second-order valence-electron chi connectivity index (χ2n) is 5.62. The normalized spacial score (nSPS) is 15.0. The van der Waals surface area contributed by atoms with Crippen molar-refractivity contribution in [2.75, 3.05) is 0 Å². The topological polar surface area (TPSA) is 63.8 Å². The molecule has 2 heterocycles. The van der Waals surface area contributed by atoms with E-state index in [0.717, 1.165) is 6.20 Å². The molecule has 1 N–H and O–H groups in total. The zero-order chi connectivity index (χ0) is 17.2. The number of halogens is 2. The SMILES string of the molecule is C[C@@H](c1ccncc1F)[C@](O)(Cn1cncn1)c1ccccc1F. The Hall–Kier alpha value is -2.67. The van der Waals surface area contributed by atoms with Crippen molar-refractivity contribution in [3.8, 4) is 0 Å². The Bertz CT molecular complexity index is 825. The Morgan fingerprint density at radius 3 is 2.62 bits per heavy atom. The molecule has 0 aliphatic heterocycles. The van der Waals surface area contributed by atoms with Gasteiger partial charge in [0.25, 0.3) is 0 Å². The van der Waals surface area contributed by atoms with Crippen molar-refractivity contribution in [1.29, 1.82) is 0 Å². The average Bonchev–Trinajstić information content (AvgIpc) is 3.07. The third-order valence-corrected chi connectivity index (χ3v) is 4.20. The summed E-state index contributed by atoms with van der Waals surface area (Å²) < 4.78 is 29.9. The molecule has 124 valence electrons. The number of aromatic nitrogens is 4. The van der Waals surface area contributed by atoms with Gasteiger partial charge in [-0.1, -0.05) is 25.1 Å². The van der Waals surface area contributed by atoms with Gasteiger partial charge in [-0.25, -0.2) is 18.4 Å². The summed E-state index contributed by atoms with van der Waals surface area (Å²) in [4.78, 5) is 7.55. The fourth-order valence-corrected chi connectivity index (χ4v) is 2.82. The predicted octanol–water partition coefficient (Wildman–Crippen LogP) is 2.64. The van der Waals surface area contributed by atoms with Crippen molar-refractivity contribution in [1.82, 2.24) is 19.7 Å². The van der Waals surface area contributed by atoms with Crippen LogP contribution in [0.25, 0.3) is 0 Å². The molecule has 1 aromatic carbocycles. The number of hydrogen-bond acceptors (Lipinski definition) is 4. The van der Waals surface area contributed by atoms with E-state index in [1.54, 1.807) is 13.0 Å². The highest BCUT2D eigenvalue weighted by atomic mass is 19.1. The fraction of sp³-hybridized carbons (Fsp3) is 0.235. The van der Waals surface area contributed by atoms with Gasteiger partial charge in [0.15, 0.2) is 0 Å². The zero-order valence-corrected chi connectivity index (χ0v) is 13.0. The smallest absolute Gasteiger partial charge is 0.145 e. The highest BCUT2D eigenvalue weighted by molar-refractivity contribution is 5.31. The maximum Gasteiger partial charge on any atom is 0.145 e. The molecule has 2 aromatic heterocycles. The van der Waals surface area contributed by atoms with Gasteiger partial charge in [0.2, 0.25) is 0 Å². The summed E-state index contributed by atoms with van der Waals surface area (Å²) in [5.74, 6) is -1.87. The van der Waals surface area contributed by atoms with E-state index in [-0.39, 0.29) is 17.7 Å². The molecular formula is C17H16F2N4O. The van der Waals surface area contributed by atoms with Gasteiger partial charge < -0.3 is 5.11 Å². The van der Waals surface area contributed by atoms with Crippen molar-refractivity contribution >= 4 is 0 Å². The van der Waals surface area contributed by atoms with Gasteiger partial charge >= 0.3 is 0 Å². The van der Waals surface area contributed by atoms with Gasteiger partial charge in [-0.2, -0.15) is 5.10 Å². The van der Waals surface area contributed by atoms with E-state index in [1.165, 1.54) is 47.8 Å². The van der Waals surface area contributed by atoms with E-state index in [4.69, 9.17) is 0 Å². The molecule has 0 bridgehead atoms. The van der Waals surface area contributed by atoms with E-state index < -0.39 is 23.2 Å². The van der Waals surface area contributed by atoms with Crippen LogP contribution in [0.1, 0.15) is 24.0 Å². The Kier molecular flexibility index (Phi) is 4.35. The molecule has 0 aliphatic rings. The molecule has 3 aromatic rings. The molecular weight excluding hydrogens is 314 g/mol. The summed E-state index contributed by atoms with van der Waals surface area (Å²) in [5, 5.41) is 15.3. The first-order chi connectivity index (χ1) is 11.5. The van der Waals surface area contributed by atoms with Gasteiger partial charge in [-0.15, -0.1) is 0 Å². The summed E-state index contributed by atoms with van der Waals surface area (Å²) in [6, 6.07) is 7.39. The van der Waals surface area contributed by atoms with Crippen molar-refractivity contribution in [2.45, 2.75) is 25.0 Å². The lowest BCUT2D eigenvalue weighted by Crippen LogP contribution is -2.38. The van der Waals surface area contributed by atoms with Crippen LogP contribution in [0.2, 0.25) is 0 Å². The van der Waals surface area contributed by atoms with Crippen LogP contribution in [0.15, 0.2) is 55.4 Å². The molecule has 0 unspecified atom stereocenters. The second-order valence-corrected chi connectivity index (χ2v) is 5.62. The third-order valence-electron chi connectivity index (χ3n) is 4.20. The first-order valence-corrected chi connectivity index (χ1v) is 7.41. The lowest BCUT2D eigenvalue weighted by molar-refractivity contribution is -0.0120. The third kappa shape index (κ3) is 2.90. The minimum absolute atomic E-state index is 0.0726. The van der Waals surface area contributed by atoms with Crippen LogP contribution in [0.4, 0.5) is 8.78 Å². The standard InChI is InChI=1S/C17H16F2N4O/c1-12(13-6-7-20-8-16(13)19)17(24,9-23-11-21-10-22-23)14-4-2-3-5-15(14)18/h2-8,10-12,24H,9H2,1H3/t12-,17+/m0/s1. The van der Waals surface area contributed by atoms with Crippen LogP contribution in [0.3, 0.4) is 0 Å². The molecule has 2 atom stereocenters. The molecule has 0 saturated carbocycles. The van der Waals surface area contributed by atoms with Crippen molar-refractivity contribution in [3.63, 3.8) is 0 Å². The number of aliphatic hydroxyl groups is 1. The van der Waals surface area contributed by atoms with Crippen LogP contribution in [0.5, 0.6) is 0 Å². The molecule has 0 radical (unpaired) electrons. The van der Waals surface area contributed by atoms with Gasteiger partial charge in [-0.3, -0.25) is 4.98 Å². The van der Waals surface area contributed by atoms with Crippen LogP contribution in [0, 0.1) is 11.6 Å². The molecule has 0 saturated heterocycles. The number of rotatable bonds is 5. The summed E-state index contributed by atoms with van der Waals surface area (Å²) in [7, 11) is 0. The van der Waals surface area contributed by atoms with E-state index in [0.29, 0.717) is 0 Å².